The van der Waals surface area contributed by atoms with Gasteiger partial charge in [-0.25, -0.2) is 12.7 Å². The van der Waals surface area contributed by atoms with Crippen molar-refractivity contribution < 1.29 is 8.42 Å². The van der Waals surface area contributed by atoms with Crippen LogP contribution >= 0.6 is 0 Å². The van der Waals surface area contributed by atoms with Crippen molar-refractivity contribution in [1.82, 2.24) is 4.31 Å². The summed E-state index contributed by atoms with van der Waals surface area (Å²) in [6.45, 7) is 2.00. The van der Waals surface area contributed by atoms with E-state index in [0.29, 0.717) is 5.69 Å². The van der Waals surface area contributed by atoms with Crippen molar-refractivity contribution in [3.63, 3.8) is 0 Å². The third-order valence-corrected chi connectivity index (χ3v) is 6.74. The highest BCUT2D eigenvalue weighted by atomic mass is 32.2. The van der Waals surface area contributed by atoms with E-state index in [-0.39, 0.29) is 4.90 Å². The number of hydrogen-bond donors (Lipinski definition) is 1. The van der Waals surface area contributed by atoms with Gasteiger partial charge in [0.15, 0.2) is 0 Å². The van der Waals surface area contributed by atoms with Crippen LogP contribution in [-0.2, 0) is 10.0 Å². The summed E-state index contributed by atoms with van der Waals surface area (Å²) in [5, 5.41) is 0. The summed E-state index contributed by atoms with van der Waals surface area (Å²) >= 11 is 0. The Morgan fingerprint density at radius 2 is 1.81 bits per heavy atom. The SMILES string of the molecule is CN(C)S(=O)(=O)c1cccc(N2CC3CCCC3C2)c1N. The molecule has 0 amide bonds. The van der Waals surface area contributed by atoms with Crippen LogP contribution in [0.25, 0.3) is 0 Å². The van der Waals surface area contributed by atoms with E-state index in [1.54, 1.807) is 12.1 Å². The van der Waals surface area contributed by atoms with Gasteiger partial charge in [-0.2, -0.15) is 0 Å². The van der Waals surface area contributed by atoms with Gasteiger partial charge in [-0.3, -0.25) is 0 Å². The quantitative estimate of drug-likeness (QED) is 0.864. The number of sulfonamides is 1. The number of nitrogens with two attached hydrogens (primary N) is 1. The number of nitrogen functional groups attached to an aromatic ring is 1. The predicted molar refractivity (Wildman–Crippen MR) is 84.8 cm³/mol. The Balaban J connectivity index is 1.95. The smallest absolute Gasteiger partial charge is 0.244 e. The summed E-state index contributed by atoms with van der Waals surface area (Å²) < 4.78 is 25.9. The maximum atomic E-state index is 12.3. The maximum absolute atomic E-state index is 12.3. The van der Waals surface area contributed by atoms with Crippen molar-refractivity contribution in [2.75, 3.05) is 37.8 Å². The molecule has 2 N–H and O–H groups in total. The summed E-state index contributed by atoms with van der Waals surface area (Å²) in [5.41, 5.74) is 7.44. The van der Waals surface area contributed by atoms with Gasteiger partial charge >= 0.3 is 0 Å². The normalized spacial score (nSPS) is 25.6. The lowest BCUT2D eigenvalue weighted by Crippen LogP contribution is -2.26. The maximum Gasteiger partial charge on any atom is 0.244 e. The van der Waals surface area contributed by atoms with E-state index in [9.17, 15) is 8.42 Å². The third-order valence-electron chi connectivity index (χ3n) is 4.87. The van der Waals surface area contributed by atoms with Crippen molar-refractivity contribution in [3.8, 4) is 0 Å². The summed E-state index contributed by atoms with van der Waals surface area (Å²) in [4.78, 5) is 2.47. The molecule has 0 spiro atoms. The molecule has 1 aromatic carbocycles. The van der Waals surface area contributed by atoms with E-state index in [2.05, 4.69) is 4.90 Å². The Bertz CT molecular complexity index is 630. The predicted octanol–water partition coefficient (Wildman–Crippen LogP) is 1.76. The Labute approximate surface area is 126 Å². The fourth-order valence-electron chi connectivity index (χ4n) is 3.66. The first-order valence-electron chi connectivity index (χ1n) is 7.47. The van der Waals surface area contributed by atoms with Gasteiger partial charge in [0.1, 0.15) is 4.90 Å². The first-order valence-corrected chi connectivity index (χ1v) is 8.91. The molecule has 1 aliphatic carbocycles. The fraction of sp³-hybridized carbons (Fsp3) is 0.600. The zero-order valence-corrected chi connectivity index (χ0v) is 13.4. The number of anilines is 2. The van der Waals surface area contributed by atoms with Gasteiger partial charge < -0.3 is 10.6 Å². The Morgan fingerprint density at radius 3 is 2.38 bits per heavy atom. The van der Waals surface area contributed by atoms with E-state index in [1.165, 1.54) is 37.7 Å². The number of fused-ring (bicyclic) bond motifs is 1. The highest BCUT2D eigenvalue weighted by Crippen LogP contribution is 2.42. The molecule has 1 aromatic rings. The lowest BCUT2D eigenvalue weighted by molar-refractivity contribution is 0.494. The van der Waals surface area contributed by atoms with Crippen molar-refractivity contribution in [2.24, 2.45) is 11.8 Å². The van der Waals surface area contributed by atoms with Gasteiger partial charge in [0.05, 0.1) is 11.4 Å². The topological polar surface area (TPSA) is 66.6 Å². The largest absolute Gasteiger partial charge is 0.396 e. The number of nitrogens with zero attached hydrogens (tertiary/aromatic N) is 2. The monoisotopic (exact) mass is 309 g/mol. The molecule has 2 unspecified atom stereocenters. The standard InChI is InChI=1S/C15H23N3O2S/c1-17(2)21(19,20)14-8-4-7-13(15(14)16)18-9-11-5-3-6-12(11)10-18/h4,7-8,11-12H,3,5-6,9-10,16H2,1-2H3. The zero-order valence-electron chi connectivity index (χ0n) is 12.6. The molecule has 1 saturated carbocycles. The molecule has 3 rings (SSSR count). The fourth-order valence-corrected chi connectivity index (χ4v) is 4.69. The average molecular weight is 309 g/mol. The Kier molecular flexibility index (Phi) is 3.61. The van der Waals surface area contributed by atoms with Crippen LogP contribution in [0.5, 0.6) is 0 Å². The lowest BCUT2D eigenvalue weighted by Gasteiger charge is -2.23. The molecular weight excluding hydrogens is 286 g/mol. The van der Waals surface area contributed by atoms with Gasteiger partial charge in [-0.05, 0) is 36.8 Å². The molecule has 0 bridgehead atoms. The van der Waals surface area contributed by atoms with Gasteiger partial charge in [-0.1, -0.05) is 12.5 Å². The molecular formula is C15H23N3O2S. The highest BCUT2D eigenvalue weighted by Gasteiger charge is 2.37. The van der Waals surface area contributed by atoms with Crippen molar-refractivity contribution in [3.05, 3.63) is 18.2 Å². The lowest BCUT2D eigenvalue weighted by atomic mass is 10.0. The molecule has 6 heteroatoms. The molecule has 1 aliphatic heterocycles. The summed E-state index contributed by atoms with van der Waals surface area (Å²) in [7, 11) is -0.438. The van der Waals surface area contributed by atoms with Gasteiger partial charge in [0.2, 0.25) is 10.0 Å². The molecule has 1 heterocycles. The molecule has 116 valence electrons. The van der Waals surface area contributed by atoms with E-state index in [0.717, 1.165) is 30.6 Å². The first kappa shape index (κ1) is 14.7. The molecule has 1 saturated heterocycles. The van der Waals surface area contributed by atoms with Crippen LogP contribution in [0.2, 0.25) is 0 Å². The second-order valence-corrected chi connectivity index (χ2v) is 8.45. The Morgan fingerprint density at radius 1 is 1.19 bits per heavy atom. The highest BCUT2D eigenvalue weighted by molar-refractivity contribution is 7.89. The number of benzene rings is 1. The van der Waals surface area contributed by atoms with E-state index in [1.807, 2.05) is 6.07 Å². The zero-order chi connectivity index (χ0) is 15.2. The van der Waals surface area contributed by atoms with Gasteiger partial charge in [0, 0.05) is 27.2 Å². The van der Waals surface area contributed by atoms with Gasteiger partial charge in [0.25, 0.3) is 0 Å². The van der Waals surface area contributed by atoms with E-state index >= 15 is 0 Å². The summed E-state index contributed by atoms with van der Waals surface area (Å²) in [5.74, 6) is 1.50. The van der Waals surface area contributed by atoms with Crippen LogP contribution in [0.15, 0.2) is 23.1 Å². The van der Waals surface area contributed by atoms with Crippen LogP contribution in [0, 0.1) is 11.8 Å². The van der Waals surface area contributed by atoms with Crippen molar-refractivity contribution in [1.29, 1.82) is 0 Å². The van der Waals surface area contributed by atoms with Crippen LogP contribution in [0.3, 0.4) is 0 Å². The number of hydrogen-bond acceptors (Lipinski definition) is 4. The summed E-state index contributed by atoms with van der Waals surface area (Å²) in [6.07, 6.45) is 3.90. The minimum Gasteiger partial charge on any atom is -0.396 e. The molecule has 21 heavy (non-hydrogen) atoms. The minimum absolute atomic E-state index is 0.210. The number of rotatable bonds is 3. The van der Waals surface area contributed by atoms with Crippen molar-refractivity contribution >= 4 is 21.4 Å². The van der Waals surface area contributed by atoms with Gasteiger partial charge in [-0.15, -0.1) is 0 Å². The Hall–Kier alpha value is -1.27. The number of para-hydroxylation sites is 1. The molecule has 0 radical (unpaired) electrons. The first-order chi connectivity index (χ1) is 9.91. The summed E-state index contributed by atoms with van der Waals surface area (Å²) in [6, 6.07) is 5.31. The second-order valence-electron chi connectivity index (χ2n) is 6.33. The van der Waals surface area contributed by atoms with Crippen LogP contribution in [-0.4, -0.2) is 39.9 Å². The van der Waals surface area contributed by atoms with Crippen LogP contribution < -0.4 is 10.6 Å². The average Bonchev–Trinajstić information content (AvgIpc) is 2.99. The third kappa shape index (κ3) is 2.40. The molecule has 2 aliphatic rings. The molecule has 2 atom stereocenters. The second kappa shape index (κ2) is 5.18. The van der Waals surface area contributed by atoms with Crippen molar-refractivity contribution in [2.45, 2.75) is 24.2 Å². The minimum atomic E-state index is -3.50. The van der Waals surface area contributed by atoms with E-state index < -0.39 is 10.0 Å². The molecule has 5 nitrogen and oxygen atoms in total. The van der Waals surface area contributed by atoms with Crippen LogP contribution in [0.1, 0.15) is 19.3 Å². The molecule has 0 aromatic heterocycles. The van der Waals surface area contributed by atoms with E-state index in [4.69, 9.17) is 5.73 Å². The molecule has 2 fully saturated rings. The van der Waals surface area contributed by atoms with Crippen LogP contribution in [0.4, 0.5) is 11.4 Å².